The number of rotatable bonds is 10. The molecule has 0 N–H and O–H groups in total. The van der Waals surface area contributed by atoms with Gasteiger partial charge in [0.25, 0.3) is 0 Å². The molecule has 2 heteroatoms. The Kier molecular flexibility index (Phi) is 6.47. The Morgan fingerprint density at radius 2 is 1.83 bits per heavy atom. The van der Waals surface area contributed by atoms with Crippen molar-refractivity contribution in [2.75, 3.05) is 29.8 Å². The molecule has 6 unspecified atom stereocenters. The summed E-state index contributed by atoms with van der Waals surface area (Å²) in [5, 5.41) is 1.94. The molecule has 0 nitrogen and oxygen atoms in total. The lowest BCUT2D eigenvalue weighted by molar-refractivity contribution is 0.409. The van der Waals surface area contributed by atoms with E-state index < -0.39 is 8.29 Å². The maximum Gasteiger partial charge on any atom is 0.00839 e. The Morgan fingerprint density at radius 3 is 2.48 bits per heavy atom. The summed E-state index contributed by atoms with van der Waals surface area (Å²) in [6.07, 6.45) is 21.5. The van der Waals surface area contributed by atoms with Gasteiger partial charge < -0.3 is 0 Å². The third-order valence-electron chi connectivity index (χ3n) is 10.1. The molecule has 6 atom stereocenters. The lowest BCUT2D eigenvalue weighted by Crippen LogP contribution is -2.48. The Balaban J connectivity index is 1.85. The molecule has 2 saturated heterocycles. The van der Waals surface area contributed by atoms with E-state index in [0.717, 1.165) is 34.2 Å². The monoisotopic (exact) mass is 440 g/mol. The molecular formula is C27H52S2. The van der Waals surface area contributed by atoms with Crippen molar-refractivity contribution in [1.82, 2.24) is 0 Å². The topological polar surface area (TPSA) is 0 Å². The standard InChI is InChI=1S/C27H52S2/c1-9-10-24(6)26-25-12-16-27(19-23(5)13-17-28-20-21(2)3)15-11-22(4)14-18-29(25,26,27,7)8/h12,16,21-26H,9-11,13-15,17-20H2,1-8H3. The van der Waals surface area contributed by atoms with E-state index in [1.165, 1.54) is 56.5 Å². The minimum atomic E-state index is -2.12. The smallest absolute Gasteiger partial charge is 0.00839 e. The van der Waals surface area contributed by atoms with Gasteiger partial charge in [0, 0.05) is 10.00 Å². The molecule has 1 spiro atoms. The van der Waals surface area contributed by atoms with Crippen molar-refractivity contribution in [2.45, 2.75) is 102 Å². The van der Waals surface area contributed by atoms with Gasteiger partial charge in [-0.25, -0.2) is 0 Å². The first-order valence-electron chi connectivity index (χ1n) is 12.7. The van der Waals surface area contributed by atoms with Crippen molar-refractivity contribution < 1.29 is 0 Å². The van der Waals surface area contributed by atoms with Crippen LogP contribution in [0.1, 0.15) is 86.5 Å². The maximum atomic E-state index is 2.92. The average molecular weight is 441 g/mol. The third-order valence-corrected chi connectivity index (χ3v) is 21.9. The predicted molar refractivity (Wildman–Crippen MR) is 141 cm³/mol. The lowest BCUT2D eigenvalue weighted by atomic mass is 9.86. The second-order valence-corrected chi connectivity index (χ2v) is 22.8. The van der Waals surface area contributed by atoms with Gasteiger partial charge in [-0.1, -0.05) is 60.1 Å². The van der Waals surface area contributed by atoms with E-state index in [-0.39, 0.29) is 0 Å². The molecule has 0 aromatic heterocycles. The highest BCUT2D eigenvalue weighted by Gasteiger charge is 2.88. The van der Waals surface area contributed by atoms with Crippen LogP contribution >= 0.6 is 20.1 Å². The first-order chi connectivity index (χ1) is 13.5. The van der Waals surface area contributed by atoms with Crippen molar-refractivity contribution in [3.63, 3.8) is 0 Å². The van der Waals surface area contributed by atoms with E-state index in [4.69, 9.17) is 0 Å². The van der Waals surface area contributed by atoms with E-state index >= 15 is 0 Å². The second kappa shape index (κ2) is 7.79. The van der Waals surface area contributed by atoms with Crippen LogP contribution in [0.4, 0.5) is 0 Å². The van der Waals surface area contributed by atoms with Crippen LogP contribution in [0.5, 0.6) is 0 Å². The zero-order chi connectivity index (χ0) is 21.6. The van der Waals surface area contributed by atoms with Gasteiger partial charge in [0.05, 0.1) is 0 Å². The summed E-state index contributed by atoms with van der Waals surface area (Å²) in [6.45, 7) is 14.8. The van der Waals surface area contributed by atoms with Gasteiger partial charge in [0.1, 0.15) is 0 Å². The van der Waals surface area contributed by atoms with Crippen LogP contribution < -0.4 is 0 Å². The molecule has 2 fully saturated rings. The van der Waals surface area contributed by atoms with Crippen molar-refractivity contribution in [3.8, 4) is 0 Å². The van der Waals surface area contributed by atoms with Crippen LogP contribution in [0.3, 0.4) is 0 Å². The van der Waals surface area contributed by atoms with Crippen LogP contribution in [-0.4, -0.2) is 45.0 Å². The zero-order valence-electron chi connectivity index (χ0n) is 21.0. The van der Waals surface area contributed by atoms with E-state index in [1.54, 1.807) is 5.75 Å². The van der Waals surface area contributed by atoms with Gasteiger partial charge in [-0.3, -0.25) is 8.29 Å². The Hall–Kier alpha value is 0.440. The molecule has 3 aliphatic rings. The molecule has 0 saturated carbocycles. The maximum absolute atomic E-state index is 2.92. The summed E-state index contributed by atoms with van der Waals surface area (Å²) in [5.41, 5.74) is 0. The molecule has 0 aromatic rings. The number of thioether (sulfide) groups is 1. The quantitative estimate of drug-likeness (QED) is 0.187. The number of hydrogen-bond donors (Lipinski definition) is 0. The minimum Gasteiger partial charge on any atom is -0.261 e. The largest absolute Gasteiger partial charge is 0.261 e. The SMILES string of the molecule is CCCC(C)C1C2C=CC3(CC(C)CCSCC(C)C)CCC(C)CCS213(C)C. The molecule has 0 radical (unpaired) electrons. The molecule has 3 heterocycles. The van der Waals surface area contributed by atoms with Gasteiger partial charge in [-0.15, -0.1) is 0 Å². The fourth-order valence-corrected chi connectivity index (χ4v) is 20.7. The van der Waals surface area contributed by atoms with E-state index in [9.17, 15) is 0 Å². The fraction of sp³-hybridized carbons (Fsp3) is 0.926. The number of hydrogen-bond acceptors (Lipinski definition) is 1. The highest BCUT2D eigenvalue weighted by atomic mass is 32.4. The first kappa shape index (κ1) is 24.1. The molecule has 0 aromatic carbocycles. The van der Waals surface area contributed by atoms with Crippen molar-refractivity contribution in [1.29, 1.82) is 0 Å². The van der Waals surface area contributed by atoms with Crippen LogP contribution in [0.2, 0.25) is 0 Å². The summed E-state index contributed by atoms with van der Waals surface area (Å²) in [5.74, 6) is 7.78. The highest BCUT2D eigenvalue weighted by Crippen LogP contribution is 3.13. The molecular weight excluding hydrogens is 388 g/mol. The van der Waals surface area contributed by atoms with Gasteiger partial charge >= 0.3 is 0 Å². The summed E-state index contributed by atoms with van der Waals surface area (Å²) >= 11 is 2.19. The van der Waals surface area contributed by atoms with Gasteiger partial charge in [0.15, 0.2) is 0 Å². The zero-order valence-corrected chi connectivity index (χ0v) is 22.6. The van der Waals surface area contributed by atoms with Gasteiger partial charge in [-0.2, -0.15) is 11.8 Å². The van der Waals surface area contributed by atoms with Crippen molar-refractivity contribution >= 4 is 20.1 Å². The first-order valence-corrected chi connectivity index (χ1v) is 17.4. The predicted octanol–water partition coefficient (Wildman–Crippen LogP) is 8.24. The van der Waals surface area contributed by atoms with Crippen molar-refractivity contribution in [2.24, 2.45) is 23.7 Å². The molecule has 0 bridgehead atoms. The highest BCUT2D eigenvalue weighted by molar-refractivity contribution is 8.70. The third kappa shape index (κ3) is 3.40. The Labute approximate surface area is 187 Å². The normalized spacial score (nSPS) is 40.5. The van der Waals surface area contributed by atoms with Gasteiger partial charge in [-0.05, 0) is 97.2 Å². The van der Waals surface area contributed by atoms with E-state index in [0.29, 0.717) is 4.75 Å². The molecule has 0 aliphatic carbocycles. The molecule has 0 amide bonds. The molecule has 3 rings (SSSR count). The van der Waals surface area contributed by atoms with Crippen molar-refractivity contribution in [3.05, 3.63) is 12.2 Å². The Morgan fingerprint density at radius 1 is 1.10 bits per heavy atom. The Bertz CT molecular complexity index is 632. The summed E-state index contributed by atoms with van der Waals surface area (Å²) in [7, 11) is -2.12. The van der Waals surface area contributed by atoms with E-state index in [1.807, 2.05) is 0 Å². The van der Waals surface area contributed by atoms with Crippen LogP contribution in [0.15, 0.2) is 12.2 Å². The van der Waals surface area contributed by atoms with Gasteiger partial charge in [0.2, 0.25) is 0 Å². The minimum absolute atomic E-state index is 0.532. The fourth-order valence-electron chi connectivity index (χ4n) is 8.13. The van der Waals surface area contributed by atoms with Crippen LogP contribution in [-0.2, 0) is 0 Å². The lowest BCUT2D eigenvalue weighted by Gasteiger charge is -2.72. The molecule has 29 heavy (non-hydrogen) atoms. The second-order valence-electron chi connectivity index (χ2n) is 13.0. The molecule has 172 valence electrons. The summed E-state index contributed by atoms with van der Waals surface area (Å²) < 4.78 is 0.532. The molecule has 3 aliphatic heterocycles. The summed E-state index contributed by atoms with van der Waals surface area (Å²) in [6, 6.07) is 0. The van der Waals surface area contributed by atoms with E-state index in [2.05, 4.69) is 78.0 Å². The van der Waals surface area contributed by atoms with Crippen LogP contribution in [0, 0.1) is 23.7 Å². The summed E-state index contributed by atoms with van der Waals surface area (Å²) in [4.78, 5) is 0. The van der Waals surface area contributed by atoms with Crippen LogP contribution in [0.25, 0.3) is 0 Å². The average Bonchev–Trinajstić information content (AvgIpc) is 3.09.